The van der Waals surface area contributed by atoms with E-state index in [4.69, 9.17) is 4.74 Å². The van der Waals surface area contributed by atoms with Crippen molar-refractivity contribution in [3.05, 3.63) is 23.9 Å². The van der Waals surface area contributed by atoms with Crippen molar-refractivity contribution in [1.29, 1.82) is 0 Å². The van der Waals surface area contributed by atoms with Crippen LogP contribution in [-0.4, -0.2) is 35.0 Å². The SMILES string of the molecule is CC(C)(C)C(=O)N1CC(Oc2ccc(C(F)(F)F)cn2)C1. The van der Waals surface area contributed by atoms with E-state index in [2.05, 4.69) is 4.98 Å². The van der Waals surface area contributed by atoms with Crippen LogP contribution in [0.5, 0.6) is 5.88 Å². The second kappa shape index (κ2) is 5.20. The van der Waals surface area contributed by atoms with E-state index >= 15 is 0 Å². The fourth-order valence-electron chi connectivity index (χ4n) is 1.94. The predicted octanol–water partition coefficient (Wildman–Crippen LogP) is 2.74. The van der Waals surface area contributed by atoms with Crippen LogP contribution in [0.25, 0.3) is 0 Å². The number of ether oxygens (including phenoxy) is 1. The van der Waals surface area contributed by atoms with Gasteiger partial charge >= 0.3 is 6.18 Å². The number of pyridine rings is 1. The van der Waals surface area contributed by atoms with E-state index in [0.29, 0.717) is 13.1 Å². The second-order valence-corrected chi connectivity index (χ2v) is 6.08. The van der Waals surface area contributed by atoms with E-state index in [1.165, 1.54) is 6.07 Å². The van der Waals surface area contributed by atoms with Gasteiger partial charge in [0.15, 0.2) is 0 Å². The van der Waals surface area contributed by atoms with Gasteiger partial charge in [0.2, 0.25) is 11.8 Å². The van der Waals surface area contributed by atoms with Crippen LogP contribution < -0.4 is 4.74 Å². The van der Waals surface area contributed by atoms with Gasteiger partial charge in [-0.15, -0.1) is 0 Å². The molecule has 0 atom stereocenters. The lowest BCUT2D eigenvalue weighted by Gasteiger charge is -2.41. The number of likely N-dealkylation sites (tertiary alicyclic amines) is 1. The van der Waals surface area contributed by atoms with E-state index in [1.54, 1.807) is 4.90 Å². The van der Waals surface area contributed by atoms with Crippen LogP contribution in [0.1, 0.15) is 26.3 Å². The van der Waals surface area contributed by atoms with E-state index in [9.17, 15) is 18.0 Å². The van der Waals surface area contributed by atoms with E-state index in [0.717, 1.165) is 12.3 Å². The van der Waals surface area contributed by atoms with Gasteiger partial charge in [-0.25, -0.2) is 4.98 Å². The molecule has 0 radical (unpaired) electrons. The summed E-state index contributed by atoms with van der Waals surface area (Å²) in [5.74, 6) is 0.165. The molecule has 1 saturated heterocycles. The summed E-state index contributed by atoms with van der Waals surface area (Å²) in [7, 11) is 0. The Morgan fingerprint density at radius 1 is 1.29 bits per heavy atom. The third-order valence-electron chi connectivity index (χ3n) is 3.13. The Balaban J connectivity index is 1.87. The number of carbonyl (C=O) groups excluding carboxylic acids is 1. The zero-order chi connectivity index (χ0) is 15.8. The molecule has 0 spiro atoms. The first-order chi connectivity index (χ1) is 9.57. The van der Waals surface area contributed by atoms with Crippen molar-refractivity contribution in [1.82, 2.24) is 9.88 Å². The molecule has 1 aromatic rings. The van der Waals surface area contributed by atoms with Crippen molar-refractivity contribution in [3.8, 4) is 5.88 Å². The van der Waals surface area contributed by atoms with Crippen molar-refractivity contribution >= 4 is 5.91 Å². The first-order valence-corrected chi connectivity index (χ1v) is 6.56. The van der Waals surface area contributed by atoms with Crippen molar-refractivity contribution in [3.63, 3.8) is 0 Å². The molecule has 0 N–H and O–H groups in total. The van der Waals surface area contributed by atoms with Crippen LogP contribution in [0.4, 0.5) is 13.2 Å². The number of alkyl halides is 3. The highest BCUT2D eigenvalue weighted by Gasteiger charge is 2.37. The fourth-order valence-corrected chi connectivity index (χ4v) is 1.94. The molecule has 1 amide bonds. The molecule has 116 valence electrons. The maximum absolute atomic E-state index is 12.4. The third kappa shape index (κ3) is 3.65. The van der Waals surface area contributed by atoms with Gasteiger partial charge in [-0.05, 0) is 6.07 Å². The van der Waals surface area contributed by atoms with Gasteiger partial charge in [0.25, 0.3) is 0 Å². The van der Waals surface area contributed by atoms with Gasteiger partial charge in [0.05, 0.1) is 18.7 Å². The first kappa shape index (κ1) is 15.6. The molecule has 1 fully saturated rings. The highest BCUT2D eigenvalue weighted by atomic mass is 19.4. The maximum atomic E-state index is 12.4. The van der Waals surface area contributed by atoms with E-state index < -0.39 is 17.2 Å². The highest BCUT2D eigenvalue weighted by molar-refractivity contribution is 5.82. The number of aromatic nitrogens is 1. The van der Waals surface area contributed by atoms with Crippen LogP contribution >= 0.6 is 0 Å². The Labute approximate surface area is 120 Å². The minimum Gasteiger partial charge on any atom is -0.471 e. The summed E-state index contributed by atoms with van der Waals surface area (Å²) in [6.45, 7) is 6.36. The molecular weight excluding hydrogens is 285 g/mol. The molecule has 0 unspecified atom stereocenters. The summed E-state index contributed by atoms with van der Waals surface area (Å²) in [6.07, 6.45) is -3.88. The topological polar surface area (TPSA) is 42.4 Å². The van der Waals surface area contributed by atoms with Crippen LogP contribution in [0, 0.1) is 5.41 Å². The molecule has 1 aromatic heterocycles. The smallest absolute Gasteiger partial charge is 0.417 e. The molecule has 0 saturated carbocycles. The van der Waals surface area contributed by atoms with E-state index in [1.807, 2.05) is 20.8 Å². The lowest BCUT2D eigenvalue weighted by atomic mass is 9.93. The normalized spacial score (nSPS) is 16.6. The zero-order valence-corrected chi connectivity index (χ0v) is 12.1. The number of halogens is 3. The molecule has 0 aliphatic carbocycles. The number of hydrogen-bond donors (Lipinski definition) is 0. The van der Waals surface area contributed by atoms with Crippen LogP contribution in [-0.2, 0) is 11.0 Å². The summed E-state index contributed by atoms with van der Waals surface area (Å²) in [5, 5.41) is 0. The van der Waals surface area contributed by atoms with Gasteiger partial charge < -0.3 is 9.64 Å². The molecule has 1 aliphatic heterocycles. The average molecular weight is 302 g/mol. The van der Waals surface area contributed by atoms with Gasteiger partial charge in [-0.3, -0.25) is 4.79 Å². The summed E-state index contributed by atoms with van der Waals surface area (Å²) < 4.78 is 42.6. The Bertz CT molecular complexity index is 515. The largest absolute Gasteiger partial charge is 0.471 e. The van der Waals surface area contributed by atoms with Crippen molar-refractivity contribution in [2.24, 2.45) is 5.41 Å². The standard InChI is InChI=1S/C14H17F3N2O2/c1-13(2,3)12(20)19-7-10(8-19)21-11-5-4-9(6-18-11)14(15,16)17/h4-6,10H,7-8H2,1-3H3. The minimum absolute atomic E-state index is 0.0303. The summed E-state index contributed by atoms with van der Waals surface area (Å²) in [6, 6.07) is 2.12. The molecule has 0 aromatic carbocycles. The average Bonchev–Trinajstić information content (AvgIpc) is 2.30. The number of hydrogen-bond acceptors (Lipinski definition) is 3. The number of rotatable bonds is 2. The molecule has 2 heterocycles. The predicted molar refractivity (Wildman–Crippen MR) is 69.7 cm³/mol. The number of amides is 1. The van der Waals surface area contributed by atoms with Gasteiger partial charge in [-0.2, -0.15) is 13.2 Å². The molecule has 0 bridgehead atoms. The lowest BCUT2D eigenvalue weighted by Crippen LogP contribution is -2.58. The monoisotopic (exact) mass is 302 g/mol. The molecule has 7 heteroatoms. The summed E-state index contributed by atoms with van der Waals surface area (Å²) >= 11 is 0. The molecule has 1 aliphatic rings. The van der Waals surface area contributed by atoms with Crippen molar-refractivity contribution in [2.75, 3.05) is 13.1 Å². The number of nitrogens with zero attached hydrogens (tertiary/aromatic N) is 2. The molecule has 4 nitrogen and oxygen atoms in total. The highest BCUT2D eigenvalue weighted by Crippen LogP contribution is 2.29. The third-order valence-corrected chi connectivity index (χ3v) is 3.13. The van der Waals surface area contributed by atoms with Crippen molar-refractivity contribution < 1.29 is 22.7 Å². The first-order valence-electron chi connectivity index (χ1n) is 6.56. The molecular formula is C14H17F3N2O2. The molecule has 2 rings (SSSR count). The van der Waals surface area contributed by atoms with Gasteiger partial charge in [0, 0.05) is 17.7 Å². The zero-order valence-electron chi connectivity index (χ0n) is 12.1. The Morgan fingerprint density at radius 3 is 2.33 bits per heavy atom. The Hall–Kier alpha value is -1.79. The maximum Gasteiger partial charge on any atom is 0.417 e. The van der Waals surface area contributed by atoms with Crippen molar-refractivity contribution in [2.45, 2.75) is 33.1 Å². The van der Waals surface area contributed by atoms with Crippen LogP contribution in [0.15, 0.2) is 18.3 Å². The Kier molecular flexibility index (Phi) is 3.86. The fraction of sp³-hybridized carbons (Fsp3) is 0.571. The van der Waals surface area contributed by atoms with Gasteiger partial charge in [-0.1, -0.05) is 20.8 Å². The lowest BCUT2D eigenvalue weighted by molar-refractivity contribution is -0.148. The van der Waals surface area contributed by atoms with Crippen LogP contribution in [0.3, 0.4) is 0 Å². The number of carbonyl (C=O) groups is 1. The van der Waals surface area contributed by atoms with E-state index in [-0.39, 0.29) is 17.9 Å². The quantitative estimate of drug-likeness (QED) is 0.843. The van der Waals surface area contributed by atoms with Gasteiger partial charge in [0.1, 0.15) is 6.10 Å². The minimum atomic E-state index is -4.40. The summed E-state index contributed by atoms with van der Waals surface area (Å²) in [5.41, 5.74) is -1.26. The second-order valence-electron chi connectivity index (χ2n) is 6.08. The molecule has 21 heavy (non-hydrogen) atoms. The van der Waals surface area contributed by atoms with Crippen LogP contribution in [0.2, 0.25) is 0 Å². The summed E-state index contributed by atoms with van der Waals surface area (Å²) in [4.78, 5) is 17.2. The Morgan fingerprint density at radius 2 is 1.90 bits per heavy atom.